The number of benzene rings is 6. The number of nitrogens with one attached hydrogen (secondary N) is 1. The number of ether oxygens (including phenoxy) is 1. The summed E-state index contributed by atoms with van der Waals surface area (Å²) < 4.78 is 6.54. The molecule has 1 heterocycles. The van der Waals surface area contributed by atoms with Gasteiger partial charge in [-0.25, -0.2) is 0 Å². The van der Waals surface area contributed by atoms with E-state index in [1.807, 2.05) is 6.07 Å². The first-order valence-electron chi connectivity index (χ1n) is 13.4. The zero-order chi connectivity index (χ0) is 25.8. The molecule has 0 saturated carbocycles. The Hall–Kier alpha value is -5.08. The zero-order valence-electron chi connectivity index (χ0n) is 21.3. The van der Waals surface area contributed by atoms with Crippen LogP contribution >= 0.6 is 0 Å². The Balaban J connectivity index is 1.29. The first kappa shape index (κ1) is 22.0. The molecule has 2 heteroatoms. The maximum absolute atomic E-state index is 6.54. The fourth-order valence-electron chi connectivity index (χ4n) is 6.48. The van der Waals surface area contributed by atoms with Gasteiger partial charge in [0.05, 0.1) is 5.41 Å². The first-order valence-corrected chi connectivity index (χ1v) is 13.4. The molecule has 8 rings (SSSR count). The van der Waals surface area contributed by atoms with Gasteiger partial charge in [-0.2, -0.15) is 0 Å². The highest BCUT2D eigenvalue weighted by atomic mass is 16.5. The van der Waals surface area contributed by atoms with Crippen molar-refractivity contribution in [1.82, 2.24) is 0 Å². The Kier molecular flexibility index (Phi) is 4.77. The minimum atomic E-state index is -0.452. The van der Waals surface area contributed by atoms with E-state index in [0.717, 1.165) is 28.4 Å². The summed E-state index contributed by atoms with van der Waals surface area (Å²) in [6.45, 7) is 0. The van der Waals surface area contributed by atoms with E-state index in [0.29, 0.717) is 0 Å². The average molecular weight is 500 g/mol. The number of rotatable bonds is 3. The van der Waals surface area contributed by atoms with Gasteiger partial charge in [0.25, 0.3) is 0 Å². The lowest BCUT2D eigenvalue weighted by Gasteiger charge is -2.39. The van der Waals surface area contributed by atoms with Crippen molar-refractivity contribution >= 4 is 11.4 Å². The molecule has 184 valence electrons. The molecule has 2 aliphatic rings. The number of hydrogen-bond acceptors (Lipinski definition) is 2. The lowest BCUT2D eigenvalue weighted by atomic mass is 9.66. The molecule has 1 spiro atoms. The van der Waals surface area contributed by atoms with Crippen molar-refractivity contribution in [2.75, 3.05) is 5.32 Å². The lowest BCUT2D eigenvalue weighted by molar-refractivity contribution is 0.436. The standard InChI is InChI=1S/C37H25NO/c1-2-10-25(11-3-1)26-18-20-27(21-19-26)38-28-22-23-36-34(24-28)37(33-16-8-9-17-35(33)39-36)31-14-6-4-12-29(31)30-13-5-7-15-32(30)37/h1-24,38H. The minimum absolute atomic E-state index is 0.452. The summed E-state index contributed by atoms with van der Waals surface area (Å²) in [6, 6.07) is 51.7. The summed E-state index contributed by atoms with van der Waals surface area (Å²) in [7, 11) is 0. The molecular formula is C37H25NO. The second kappa shape index (κ2) is 8.47. The van der Waals surface area contributed by atoms with E-state index in [9.17, 15) is 0 Å². The molecule has 6 aromatic rings. The highest BCUT2D eigenvalue weighted by molar-refractivity contribution is 5.89. The van der Waals surface area contributed by atoms with Crippen LogP contribution in [0.1, 0.15) is 22.3 Å². The van der Waals surface area contributed by atoms with Crippen LogP contribution in [0.2, 0.25) is 0 Å². The van der Waals surface area contributed by atoms with Crippen LogP contribution in [0.5, 0.6) is 11.5 Å². The van der Waals surface area contributed by atoms with E-state index in [1.54, 1.807) is 0 Å². The lowest BCUT2D eigenvalue weighted by Crippen LogP contribution is -2.32. The van der Waals surface area contributed by atoms with Crippen LogP contribution in [0.15, 0.2) is 146 Å². The fourth-order valence-corrected chi connectivity index (χ4v) is 6.48. The van der Waals surface area contributed by atoms with E-state index >= 15 is 0 Å². The molecule has 0 radical (unpaired) electrons. The van der Waals surface area contributed by atoms with Crippen LogP contribution in [0.3, 0.4) is 0 Å². The van der Waals surface area contributed by atoms with Crippen molar-refractivity contribution in [1.29, 1.82) is 0 Å². The van der Waals surface area contributed by atoms with Crippen molar-refractivity contribution in [3.05, 3.63) is 168 Å². The van der Waals surface area contributed by atoms with Crippen LogP contribution in [-0.4, -0.2) is 0 Å². The van der Waals surface area contributed by atoms with Crippen molar-refractivity contribution in [2.24, 2.45) is 0 Å². The quantitative estimate of drug-likeness (QED) is 0.261. The molecule has 0 amide bonds. The average Bonchev–Trinajstić information content (AvgIpc) is 3.30. The zero-order valence-corrected chi connectivity index (χ0v) is 21.3. The highest BCUT2D eigenvalue weighted by Crippen LogP contribution is 2.62. The molecule has 0 saturated heterocycles. The largest absolute Gasteiger partial charge is 0.457 e. The SMILES string of the molecule is c1ccc(-c2ccc(Nc3ccc4c(c3)C3(c5ccccc5O4)c4ccccc4-c4ccccc43)cc2)cc1. The van der Waals surface area contributed by atoms with Gasteiger partial charge in [0.2, 0.25) is 0 Å². The summed E-state index contributed by atoms with van der Waals surface area (Å²) in [5, 5.41) is 3.66. The molecule has 0 bridgehead atoms. The molecule has 2 nitrogen and oxygen atoms in total. The molecule has 0 aromatic heterocycles. The molecule has 0 unspecified atom stereocenters. The Bertz CT molecular complexity index is 1810. The van der Waals surface area contributed by atoms with E-state index < -0.39 is 5.41 Å². The summed E-state index contributed by atoms with van der Waals surface area (Å²) in [5.41, 5.74) is 11.6. The van der Waals surface area contributed by atoms with Crippen LogP contribution in [0.25, 0.3) is 22.3 Å². The normalized spacial score (nSPS) is 13.5. The van der Waals surface area contributed by atoms with Gasteiger partial charge in [-0.05, 0) is 69.8 Å². The topological polar surface area (TPSA) is 21.3 Å². The molecular weight excluding hydrogens is 474 g/mol. The van der Waals surface area contributed by atoms with Crippen molar-refractivity contribution in [3.63, 3.8) is 0 Å². The smallest absolute Gasteiger partial charge is 0.132 e. The van der Waals surface area contributed by atoms with Crippen molar-refractivity contribution in [3.8, 4) is 33.8 Å². The number of fused-ring (bicyclic) bond motifs is 9. The maximum atomic E-state index is 6.54. The Labute approximate surface area is 228 Å². The van der Waals surface area contributed by atoms with Gasteiger partial charge in [0.1, 0.15) is 11.5 Å². The van der Waals surface area contributed by atoms with E-state index in [4.69, 9.17) is 4.74 Å². The van der Waals surface area contributed by atoms with Gasteiger partial charge in [-0.15, -0.1) is 0 Å². The van der Waals surface area contributed by atoms with E-state index in [1.165, 1.54) is 38.9 Å². The van der Waals surface area contributed by atoms with Gasteiger partial charge in [0.15, 0.2) is 0 Å². The predicted molar refractivity (Wildman–Crippen MR) is 159 cm³/mol. The van der Waals surface area contributed by atoms with Crippen molar-refractivity contribution in [2.45, 2.75) is 5.41 Å². The van der Waals surface area contributed by atoms with Crippen LogP contribution < -0.4 is 10.1 Å². The van der Waals surface area contributed by atoms with Gasteiger partial charge >= 0.3 is 0 Å². The third kappa shape index (κ3) is 3.22. The summed E-state index contributed by atoms with van der Waals surface area (Å²) >= 11 is 0. The third-order valence-electron chi connectivity index (χ3n) is 8.13. The first-order chi connectivity index (χ1) is 19.3. The Morgan fingerprint density at radius 2 is 0.949 bits per heavy atom. The van der Waals surface area contributed by atoms with E-state index in [2.05, 4.69) is 145 Å². The molecule has 0 atom stereocenters. The van der Waals surface area contributed by atoms with Gasteiger partial charge < -0.3 is 10.1 Å². The molecule has 1 aliphatic heterocycles. The van der Waals surface area contributed by atoms with Gasteiger partial charge in [-0.3, -0.25) is 0 Å². The minimum Gasteiger partial charge on any atom is -0.457 e. The molecule has 0 fully saturated rings. The monoisotopic (exact) mass is 499 g/mol. The summed E-state index contributed by atoms with van der Waals surface area (Å²) in [6.07, 6.45) is 0. The molecule has 39 heavy (non-hydrogen) atoms. The van der Waals surface area contributed by atoms with Crippen LogP contribution in [-0.2, 0) is 5.41 Å². The van der Waals surface area contributed by atoms with Gasteiger partial charge in [0, 0.05) is 22.5 Å². The summed E-state index contributed by atoms with van der Waals surface area (Å²) in [5.74, 6) is 1.80. The van der Waals surface area contributed by atoms with Crippen LogP contribution in [0, 0.1) is 0 Å². The highest BCUT2D eigenvalue weighted by Gasteiger charge is 2.50. The molecule has 1 aliphatic carbocycles. The second-order valence-corrected chi connectivity index (χ2v) is 10.2. The van der Waals surface area contributed by atoms with E-state index in [-0.39, 0.29) is 0 Å². The number of para-hydroxylation sites is 1. The maximum Gasteiger partial charge on any atom is 0.132 e. The van der Waals surface area contributed by atoms with Gasteiger partial charge in [-0.1, -0.05) is 109 Å². The fraction of sp³-hybridized carbons (Fsp3) is 0.0270. The Morgan fingerprint density at radius 1 is 0.410 bits per heavy atom. The van der Waals surface area contributed by atoms with Crippen LogP contribution in [0.4, 0.5) is 11.4 Å². The predicted octanol–water partition coefficient (Wildman–Crippen LogP) is 9.57. The van der Waals surface area contributed by atoms with Crippen molar-refractivity contribution < 1.29 is 4.74 Å². The number of hydrogen-bond donors (Lipinski definition) is 1. The number of anilines is 2. The molecule has 1 N–H and O–H groups in total. The third-order valence-corrected chi connectivity index (χ3v) is 8.13. The molecule has 6 aromatic carbocycles. The summed E-state index contributed by atoms with van der Waals surface area (Å²) in [4.78, 5) is 0. The Morgan fingerprint density at radius 3 is 1.67 bits per heavy atom. The second-order valence-electron chi connectivity index (χ2n) is 10.2.